The van der Waals surface area contributed by atoms with Gasteiger partial charge in [-0.1, -0.05) is 6.92 Å². The number of pyridine rings is 1. The number of carbonyl (C=O) groups is 2. The Hall–Kier alpha value is -1.98. The maximum atomic E-state index is 13.5. The van der Waals surface area contributed by atoms with Crippen molar-refractivity contribution in [2.45, 2.75) is 19.8 Å². The van der Waals surface area contributed by atoms with Crippen molar-refractivity contribution < 1.29 is 19.1 Å². The van der Waals surface area contributed by atoms with E-state index in [1.54, 1.807) is 6.92 Å². The largest absolute Gasteiger partial charge is 0.481 e. The summed E-state index contributed by atoms with van der Waals surface area (Å²) in [5, 5.41) is 9.26. The molecule has 1 fully saturated rings. The van der Waals surface area contributed by atoms with Gasteiger partial charge in [0.1, 0.15) is 0 Å². The van der Waals surface area contributed by atoms with Gasteiger partial charge in [0.15, 0.2) is 0 Å². The van der Waals surface area contributed by atoms with Crippen molar-refractivity contribution in [2.75, 3.05) is 13.1 Å². The fraction of sp³-hybridized carbons (Fsp3) is 0.462. The smallest absolute Gasteiger partial charge is 0.311 e. The molecule has 0 bridgehead atoms. The van der Waals surface area contributed by atoms with E-state index in [1.807, 2.05) is 0 Å². The van der Waals surface area contributed by atoms with Crippen LogP contribution < -0.4 is 0 Å². The van der Waals surface area contributed by atoms with Gasteiger partial charge in [0, 0.05) is 19.3 Å². The standard InChI is InChI=1S/C13H15FN2O3/c1-2-13(12(18)19)5-7-16(8-13)11(17)9-4-3-6-15-10(9)14/h3-4,6H,2,5,7-8H2,1H3,(H,18,19). The summed E-state index contributed by atoms with van der Waals surface area (Å²) >= 11 is 0. The fourth-order valence-electron chi connectivity index (χ4n) is 2.38. The maximum Gasteiger partial charge on any atom is 0.311 e. The Morgan fingerprint density at radius 1 is 1.58 bits per heavy atom. The van der Waals surface area contributed by atoms with Crippen molar-refractivity contribution in [3.05, 3.63) is 29.8 Å². The van der Waals surface area contributed by atoms with E-state index in [4.69, 9.17) is 0 Å². The zero-order valence-electron chi connectivity index (χ0n) is 10.6. The summed E-state index contributed by atoms with van der Waals surface area (Å²) in [6.45, 7) is 2.23. The van der Waals surface area contributed by atoms with Gasteiger partial charge in [-0.2, -0.15) is 4.39 Å². The van der Waals surface area contributed by atoms with Crippen LogP contribution in [0.15, 0.2) is 18.3 Å². The molecule has 0 aromatic carbocycles. The normalized spacial score (nSPS) is 22.5. The molecule has 1 aliphatic heterocycles. The van der Waals surface area contributed by atoms with E-state index in [0.29, 0.717) is 19.4 Å². The van der Waals surface area contributed by atoms with Crippen LogP contribution in [0.4, 0.5) is 4.39 Å². The van der Waals surface area contributed by atoms with Gasteiger partial charge in [-0.3, -0.25) is 9.59 Å². The predicted molar refractivity (Wildman–Crippen MR) is 65.1 cm³/mol. The predicted octanol–water partition coefficient (Wildman–Crippen LogP) is 1.55. The van der Waals surface area contributed by atoms with Gasteiger partial charge in [0.25, 0.3) is 5.91 Å². The van der Waals surface area contributed by atoms with Gasteiger partial charge in [-0.25, -0.2) is 4.98 Å². The lowest BCUT2D eigenvalue weighted by Crippen LogP contribution is -2.36. The first-order valence-electron chi connectivity index (χ1n) is 6.13. The minimum absolute atomic E-state index is 0.111. The van der Waals surface area contributed by atoms with Crippen molar-refractivity contribution in [3.8, 4) is 0 Å². The lowest BCUT2D eigenvalue weighted by molar-refractivity contribution is -0.148. The molecule has 1 aromatic heterocycles. The molecule has 102 valence electrons. The second-order valence-corrected chi connectivity index (χ2v) is 4.76. The number of aromatic nitrogens is 1. The number of halogens is 1. The molecule has 1 unspecified atom stereocenters. The van der Waals surface area contributed by atoms with Gasteiger partial charge in [0.2, 0.25) is 5.95 Å². The summed E-state index contributed by atoms with van der Waals surface area (Å²) < 4.78 is 13.5. The molecule has 1 N–H and O–H groups in total. The van der Waals surface area contributed by atoms with Gasteiger partial charge in [-0.05, 0) is 25.0 Å². The SMILES string of the molecule is CCC1(C(=O)O)CCN(C(=O)c2cccnc2F)C1. The molecule has 1 atom stereocenters. The van der Waals surface area contributed by atoms with Gasteiger partial charge in [0.05, 0.1) is 11.0 Å². The van der Waals surface area contributed by atoms with Crippen LogP contribution in [-0.4, -0.2) is 40.0 Å². The lowest BCUT2D eigenvalue weighted by atomic mass is 9.84. The molecule has 5 nitrogen and oxygen atoms in total. The molecule has 0 spiro atoms. The molecule has 0 aliphatic carbocycles. The van der Waals surface area contributed by atoms with E-state index in [1.165, 1.54) is 23.2 Å². The molecule has 0 saturated carbocycles. The molecule has 2 heterocycles. The summed E-state index contributed by atoms with van der Waals surface area (Å²) in [7, 11) is 0. The third-order valence-corrected chi connectivity index (χ3v) is 3.76. The Morgan fingerprint density at radius 3 is 2.84 bits per heavy atom. The van der Waals surface area contributed by atoms with E-state index in [2.05, 4.69) is 4.98 Å². The van der Waals surface area contributed by atoms with Crippen LogP contribution in [0.5, 0.6) is 0 Å². The van der Waals surface area contributed by atoms with Crippen molar-refractivity contribution in [1.82, 2.24) is 9.88 Å². The molecular formula is C13H15FN2O3. The number of nitrogens with zero attached hydrogens (tertiary/aromatic N) is 2. The topological polar surface area (TPSA) is 70.5 Å². The Balaban J connectivity index is 2.20. The van der Waals surface area contributed by atoms with Crippen LogP contribution in [0.25, 0.3) is 0 Å². The minimum atomic E-state index is -0.908. The van der Waals surface area contributed by atoms with E-state index in [-0.39, 0.29) is 12.1 Å². The highest BCUT2D eigenvalue weighted by Gasteiger charge is 2.45. The third-order valence-electron chi connectivity index (χ3n) is 3.76. The van der Waals surface area contributed by atoms with Gasteiger partial charge >= 0.3 is 5.97 Å². The van der Waals surface area contributed by atoms with Crippen molar-refractivity contribution >= 4 is 11.9 Å². The Kier molecular flexibility index (Phi) is 3.50. The number of carbonyl (C=O) groups excluding carboxylic acids is 1. The second kappa shape index (κ2) is 4.95. The quantitative estimate of drug-likeness (QED) is 0.843. The molecule has 1 aromatic rings. The van der Waals surface area contributed by atoms with Crippen LogP contribution in [0.1, 0.15) is 30.1 Å². The van der Waals surface area contributed by atoms with E-state index in [9.17, 15) is 19.1 Å². The molecule has 1 aliphatic rings. The van der Waals surface area contributed by atoms with Gasteiger partial charge in [-0.15, -0.1) is 0 Å². The van der Waals surface area contributed by atoms with Crippen LogP contribution in [0.2, 0.25) is 0 Å². The zero-order chi connectivity index (χ0) is 14.0. The molecule has 1 amide bonds. The van der Waals surface area contributed by atoms with Gasteiger partial charge < -0.3 is 10.0 Å². The summed E-state index contributed by atoms with van der Waals surface area (Å²) in [5.41, 5.74) is -1.02. The van der Waals surface area contributed by atoms with Crippen molar-refractivity contribution in [2.24, 2.45) is 5.41 Å². The minimum Gasteiger partial charge on any atom is -0.481 e. The van der Waals surface area contributed by atoms with Crippen LogP contribution in [-0.2, 0) is 4.79 Å². The number of rotatable bonds is 3. The molecule has 1 saturated heterocycles. The zero-order valence-corrected chi connectivity index (χ0v) is 10.6. The molecular weight excluding hydrogens is 251 g/mol. The Morgan fingerprint density at radius 2 is 2.32 bits per heavy atom. The Bertz CT molecular complexity index is 520. The fourth-order valence-corrected chi connectivity index (χ4v) is 2.38. The average Bonchev–Trinajstić information content (AvgIpc) is 2.84. The highest BCUT2D eigenvalue weighted by molar-refractivity contribution is 5.95. The number of carboxylic acids is 1. The van der Waals surface area contributed by atoms with E-state index >= 15 is 0 Å². The summed E-state index contributed by atoms with van der Waals surface area (Å²) in [5.74, 6) is -2.23. The number of likely N-dealkylation sites (tertiary alicyclic amines) is 1. The van der Waals surface area contributed by atoms with Crippen LogP contribution in [0.3, 0.4) is 0 Å². The summed E-state index contributed by atoms with van der Waals surface area (Å²) in [4.78, 5) is 28.3. The Labute approximate surface area is 110 Å². The average molecular weight is 266 g/mol. The first kappa shape index (κ1) is 13.5. The molecule has 0 radical (unpaired) electrons. The molecule has 19 heavy (non-hydrogen) atoms. The lowest BCUT2D eigenvalue weighted by Gasteiger charge is -2.23. The number of hydrogen-bond donors (Lipinski definition) is 1. The maximum absolute atomic E-state index is 13.5. The first-order chi connectivity index (χ1) is 9.00. The number of aliphatic carboxylic acids is 1. The van der Waals surface area contributed by atoms with Crippen molar-refractivity contribution in [1.29, 1.82) is 0 Å². The van der Waals surface area contributed by atoms with Crippen LogP contribution in [0, 0.1) is 11.4 Å². The van der Waals surface area contributed by atoms with E-state index < -0.39 is 23.2 Å². The first-order valence-corrected chi connectivity index (χ1v) is 6.13. The number of carboxylic acid groups (broad SMARTS) is 1. The summed E-state index contributed by atoms with van der Waals surface area (Å²) in [6, 6.07) is 2.84. The highest BCUT2D eigenvalue weighted by atomic mass is 19.1. The number of hydrogen-bond acceptors (Lipinski definition) is 3. The van der Waals surface area contributed by atoms with Crippen molar-refractivity contribution in [3.63, 3.8) is 0 Å². The molecule has 6 heteroatoms. The number of amides is 1. The van der Waals surface area contributed by atoms with E-state index in [0.717, 1.165) is 0 Å². The molecule has 2 rings (SSSR count). The van der Waals surface area contributed by atoms with Crippen LogP contribution >= 0.6 is 0 Å². The monoisotopic (exact) mass is 266 g/mol. The second-order valence-electron chi connectivity index (χ2n) is 4.76. The summed E-state index contributed by atoms with van der Waals surface area (Å²) in [6.07, 6.45) is 2.11. The highest BCUT2D eigenvalue weighted by Crippen LogP contribution is 2.34. The third kappa shape index (κ3) is 2.30.